The molecule has 3 aromatic rings. The normalized spacial score (nSPS) is 10.8. The van der Waals surface area contributed by atoms with E-state index in [2.05, 4.69) is 0 Å². The molecule has 110 valence electrons. The van der Waals surface area contributed by atoms with Crippen LogP contribution >= 0.6 is 7.14 Å². The minimum absolute atomic E-state index is 0. The first-order chi connectivity index (χ1) is 10.6. The monoisotopic (exact) mass is 314 g/mol. The van der Waals surface area contributed by atoms with Crippen LogP contribution in [-0.4, -0.2) is 0 Å². The number of hydrogen-bond donors (Lipinski definition) is 0. The Morgan fingerprint density at radius 1 is 0.783 bits per heavy atom. The van der Waals surface area contributed by atoms with E-state index in [1.165, 1.54) is 0 Å². The second-order valence-electron chi connectivity index (χ2n) is 5.25. The first-order valence-electron chi connectivity index (χ1n) is 7.12. The molecule has 0 aliphatic heterocycles. The summed E-state index contributed by atoms with van der Waals surface area (Å²) in [6.45, 7) is 1.86. The molecule has 0 atom stereocenters. The minimum atomic E-state index is -3.15. The van der Waals surface area contributed by atoms with Crippen LogP contribution in [0.3, 0.4) is 0 Å². The summed E-state index contributed by atoms with van der Waals surface area (Å²) in [5, 5.41) is 14.2. The zero-order chi connectivity index (χ0) is 15.6. The van der Waals surface area contributed by atoms with Crippen molar-refractivity contribution in [3.05, 3.63) is 84.4 Å². The van der Waals surface area contributed by atoms with Gasteiger partial charge in [-0.15, -0.1) is 0 Å². The fraction of sp³-hybridized carbons (Fsp3) is 0.0526. The van der Waals surface area contributed by atoms with Gasteiger partial charge >= 0.3 is 18.9 Å². The molecule has 0 saturated heterocycles. The van der Waals surface area contributed by atoms with Gasteiger partial charge in [0.1, 0.15) is 0 Å². The maximum absolute atomic E-state index is 14.0. The number of hydrogen-bond acceptors (Lipinski definition) is 2. The predicted octanol–water partition coefficient (Wildman–Crippen LogP) is -0.288. The van der Waals surface area contributed by atoms with E-state index in [0.717, 1.165) is 5.56 Å². The predicted molar refractivity (Wildman–Crippen MR) is 90.0 cm³/mol. The van der Waals surface area contributed by atoms with Crippen LogP contribution in [0.5, 0.6) is 5.75 Å². The summed E-state index contributed by atoms with van der Waals surface area (Å²) in [6.07, 6.45) is 0. The number of aryl methyl sites for hydroxylation is 1. The topological polar surface area (TPSA) is 40.1 Å². The van der Waals surface area contributed by atoms with Crippen LogP contribution in [0.1, 0.15) is 5.56 Å². The molecule has 0 unspecified atom stereocenters. The Balaban J connectivity index is 0.00000192. The van der Waals surface area contributed by atoms with Crippen molar-refractivity contribution in [2.75, 3.05) is 0 Å². The second-order valence-corrected chi connectivity index (χ2v) is 7.98. The third-order valence-corrected chi connectivity index (χ3v) is 6.79. The molecule has 0 N–H and O–H groups in total. The van der Waals surface area contributed by atoms with Crippen LogP contribution < -0.4 is 39.9 Å². The van der Waals surface area contributed by atoms with Gasteiger partial charge in [-0.25, -0.2) is 0 Å². The molecule has 0 aromatic heterocycles. The van der Waals surface area contributed by atoms with Crippen LogP contribution in [0.4, 0.5) is 0 Å². The van der Waals surface area contributed by atoms with Crippen molar-refractivity contribution in [3.63, 3.8) is 0 Å². The van der Waals surface area contributed by atoms with E-state index >= 15 is 0 Å². The van der Waals surface area contributed by atoms with E-state index < -0.39 is 7.14 Å². The Kier molecular flexibility index (Phi) is 5.55. The molecule has 0 saturated carbocycles. The number of rotatable bonds is 3. The SMILES string of the molecule is Cc1ccc(P(=O)(c2ccccc2)c2ccccc2)c([O-])c1.[Li+]. The Hall–Kier alpha value is -1.71. The molecule has 2 nitrogen and oxygen atoms in total. The maximum atomic E-state index is 14.0. The third-order valence-electron chi connectivity index (χ3n) is 3.69. The molecule has 0 bridgehead atoms. The van der Waals surface area contributed by atoms with Crippen molar-refractivity contribution >= 4 is 23.1 Å². The molecule has 0 fully saturated rings. The van der Waals surface area contributed by atoms with Gasteiger partial charge in [-0.3, -0.25) is 0 Å². The molecular weight excluding hydrogens is 298 g/mol. The zero-order valence-corrected chi connectivity index (χ0v) is 14.2. The molecule has 0 radical (unpaired) electrons. The smallest absolute Gasteiger partial charge is 0.872 e. The van der Waals surface area contributed by atoms with Gasteiger partial charge in [0.05, 0.1) is 0 Å². The van der Waals surface area contributed by atoms with E-state index in [-0.39, 0.29) is 24.6 Å². The van der Waals surface area contributed by atoms with Crippen molar-refractivity contribution in [1.29, 1.82) is 0 Å². The molecule has 4 heteroatoms. The first kappa shape index (κ1) is 17.6. The van der Waals surface area contributed by atoms with Gasteiger partial charge in [0.2, 0.25) is 0 Å². The second kappa shape index (κ2) is 7.24. The average molecular weight is 314 g/mol. The molecule has 0 aliphatic rings. The van der Waals surface area contributed by atoms with Gasteiger partial charge in [0.25, 0.3) is 0 Å². The van der Waals surface area contributed by atoms with Gasteiger partial charge in [-0.05, 0) is 6.92 Å². The molecule has 0 spiro atoms. The van der Waals surface area contributed by atoms with Crippen LogP contribution in [0.25, 0.3) is 0 Å². The van der Waals surface area contributed by atoms with Crippen molar-refractivity contribution < 1.29 is 28.5 Å². The van der Waals surface area contributed by atoms with Crippen LogP contribution in [0.2, 0.25) is 0 Å². The molecular formula is C19H16LiO2P. The van der Waals surface area contributed by atoms with Gasteiger partial charge < -0.3 is 9.67 Å². The minimum Gasteiger partial charge on any atom is -0.872 e. The fourth-order valence-corrected chi connectivity index (χ4v) is 5.28. The van der Waals surface area contributed by atoms with Gasteiger partial charge in [-0.2, -0.15) is 0 Å². The van der Waals surface area contributed by atoms with Crippen molar-refractivity contribution in [3.8, 4) is 5.75 Å². The number of benzene rings is 3. The summed E-state index contributed by atoms with van der Waals surface area (Å²) in [4.78, 5) is 0. The summed E-state index contributed by atoms with van der Waals surface area (Å²) in [5.74, 6) is -0.170. The molecule has 3 rings (SSSR count). The molecule has 3 aromatic carbocycles. The average Bonchev–Trinajstić information content (AvgIpc) is 2.56. The summed E-state index contributed by atoms with van der Waals surface area (Å²) in [5.41, 5.74) is 0.876. The molecule has 0 heterocycles. The largest absolute Gasteiger partial charge is 1.00 e. The van der Waals surface area contributed by atoms with E-state index in [9.17, 15) is 9.67 Å². The Morgan fingerprint density at radius 2 is 1.26 bits per heavy atom. The first-order valence-corrected chi connectivity index (χ1v) is 8.82. The van der Waals surface area contributed by atoms with Crippen molar-refractivity contribution in [1.82, 2.24) is 0 Å². The molecule has 23 heavy (non-hydrogen) atoms. The van der Waals surface area contributed by atoms with E-state index in [1.807, 2.05) is 73.7 Å². The summed E-state index contributed by atoms with van der Waals surface area (Å²) < 4.78 is 14.0. The van der Waals surface area contributed by atoms with Crippen LogP contribution in [0.15, 0.2) is 78.9 Å². The van der Waals surface area contributed by atoms with Crippen LogP contribution in [0, 0.1) is 6.92 Å². The van der Waals surface area contributed by atoms with Crippen molar-refractivity contribution in [2.45, 2.75) is 6.92 Å². The van der Waals surface area contributed by atoms with E-state index in [1.54, 1.807) is 12.1 Å². The van der Waals surface area contributed by atoms with Crippen molar-refractivity contribution in [2.24, 2.45) is 0 Å². The standard InChI is InChI=1S/C19H17O2P.Li/c1-15-12-13-19(18(20)14-15)22(21,16-8-4-2-5-9-16)17-10-6-3-7-11-17;/h2-14,20H,1H3;/q;+1/p-1. The Morgan fingerprint density at radius 3 is 1.70 bits per heavy atom. The molecule has 0 aliphatic carbocycles. The van der Waals surface area contributed by atoms with E-state index in [0.29, 0.717) is 15.9 Å². The fourth-order valence-electron chi connectivity index (χ4n) is 2.58. The molecule has 0 amide bonds. The quantitative estimate of drug-likeness (QED) is 0.492. The zero-order valence-electron chi connectivity index (χ0n) is 13.3. The van der Waals surface area contributed by atoms with E-state index in [4.69, 9.17) is 0 Å². The maximum Gasteiger partial charge on any atom is 1.00 e. The van der Waals surface area contributed by atoms with Gasteiger partial charge in [-0.1, -0.05) is 90.2 Å². The van der Waals surface area contributed by atoms with Crippen LogP contribution in [-0.2, 0) is 4.57 Å². The summed E-state index contributed by atoms with van der Waals surface area (Å²) >= 11 is 0. The Bertz CT molecular complexity index is 789. The Labute approximate surface area is 148 Å². The summed E-state index contributed by atoms with van der Waals surface area (Å²) in [7, 11) is -3.15. The van der Waals surface area contributed by atoms with Gasteiger partial charge in [0.15, 0.2) is 7.14 Å². The third kappa shape index (κ3) is 3.31. The van der Waals surface area contributed by atoms with Gasteiger partial charge in [0, 0.05) is 15.9 Å². The summed E-state index contributed by atoms with van der Waals surface area (Å²) in [6, 6.07) is 23.6.